The van der Waals surface area contributed by atoms with Crippen molar-refractivity contribution in [3.8, 4) is 0 Å². The van der Waals surface area contributed by atoms with Gasteiger partial charge in [-0.1, -0.05) is 12.8 Å². The quantitative estimate of drug-likeness (QED) is 0.864. The molecule has 23 heavy (non-hydrogen) atoms. The number of rotatable bonds is 6. The van der Waals surface area contributed by atoms with Crippen LogP contribution in [0.3, 0.4) is 0 Å². The molecular weight excluding hydrogens is 308 g/mol. The monoisotopic (exact) mass is 336 g/mol. The van der Waals surface area contributed by atoms with Crippen LogP contribution in [-0.4, -0.2) is 60.0 Å². The van der Waals surface area contributed by atoms with Crippen LogP contribution < -0.4 is 5.32 Å². The largest absolute Gasteiger partial charge is 0.340 e. The van der Waals surface area contributed by atoms with E-state index in [1.165, 1.54) is 12.8 Å². The van der Waals surface area contributed by atoms with Crippen LogP contribution in [0.5, 0.6) is 0 Å². The lowest BCUT2D eigenvalue weighted by Gasteiger charge is -2.36. The van der Waals surface area contributed by atoms with Crippen LogP contribution in [0.2, 0.25) is 0 Å². The summed E-state index contributed by atoms with van der Waals surface area (Å²) in [5, 5.41) is 6.71. The lowest BCUT2D eigenvalue weighted by Crippen LogP contribution is -2.51. The van der Waals surface area contributed by atoms with E-state index in [2.05, 4.69) is 27.0 Å². The van der Waals surface area contributed by atoms with E-state index in [9.17, 15) is 4.79 Å². The molecule has 2 fully saturated rings. The van der Waals surface area contributed by atoms with E-state index in [1.54, 1.807) is 11.3 Å². The molecule has 1 N–H and O–H groups in total. The van der Waals surface area contributed by atoms with E-state index in [-0.39, 0.29) is 0 Å². The summed E-state index contributed by atoms with van der Waals surface area (Å²) in [4.78, 5) is 21.3. The number of hydrogen-bond acceptors (Lipinski definition) is 5. The van der Waals surface area contributed by atoms with Crippen molar-refractivity contribution in [2.24, 2.45) is 5.92 Å². The number of hydrogen-bond donors (Lipinski definition) is 1. The normalized spacial score (nSPS) is 21.7. The van der Waals surface area contributed by atoms with E-state index < -0.39 is 0 Å². The van der Waals surface area contributed by atoms with Gasteiger partial charge in [-0.2, -0.15) is 0 Å². The number of thiazole rings is 1. The van der Waals surface area contributed by atoms with Crippen molar-refractivity contribution in [3.05, 3.63) is 16.6 Å². The number of piperazine rings is 1. The maximum absolute atomic E-state index is 12.4. The molecule has 1 aliphatic heterocycles. The van der Waals surface area contributed by atoms with Gasteiger partial charge in [-0.05, 0) is 19.8 Å². The number of aromatic nitrogens is 1. The molecule has 1 aromatic rings. The van der Waals surface area contributed by atoms with Gasteiger partial charge in [0.05, 0.1) is 6.04 Å². The Hall–Kier alpha value is -0.980. The molecule has 1 unspecified atom stereocenters. The highest BCUT2D eigenvalue weighted by molar-refractivity contribution is 7.09. The Morgan fingerprint density at radius 3 is 2.74 bits per heavy atom. The number of amides is 1. The molecule has 0 spiro atoms. The van der Waals surface area contributed by atoms with Gasteiger partial charge >= 0.3 is 0 Å². The minimum absolute atomic E-state index is 0.320. The molecule has 3 rings (SSSR count). The smallest absolute Gasteiger partial charge is 0.225 e. The van der Waals surface area contributed by atoms with Crippen LogP contribution in [0.15, 0.2) is 11.6 Å². The van der Waals surface area contributed by atoms with Gasteiger partial charge in [0.2, 0.25) is 5.91 Å². The van der Waals surface area contributed by atoms with Gasteiger partial charge in [-0.15, -0.1) is 11.3 Å². The summed E-state index contributed by atoms with van der Waals surface area (Å²) in [6.07, 6.45) is 6.55. The third kappa shape index (κ3) is 4.52. The van der Waals surface area contributed by atoms with E-state index in [4.69, 9.17) is 0 Å². The van der Waals surface area contributed by atoms with Gasteiger partial charge in [-0.25, -0.2) is 4.98 Å². The van der Waals surface area contributed by atoms with Gasteiger partial charge in [0.25, 0.3) is 0 Å². The fraction of sp³-hybridized carbons (Fsp3) is 0.765. The maximum Gasteiger partial charge on any atom is 0.225 e. The summed E-state index contributed by atoms with van der Waals surface area (Å²) in [6.45, 7) is 7.99. The molecule has 2 aliphatic rings. The first-order chi connectivity index (χ1) is 11.2. The first-order valence-electron chi connectivity index (χ1n) is 8.88. The predicted molar refractivity (Wildman–Crippen MR) is 93.5 cm³/mol. The van der Waals surface area contributed by atoms with Crippen molar-refractivity contribution in [2.75, 3.05) is 39.3 Å². The van der Waals surface area contributed by atoms with E-state index in [1.807, 2.05) is 11.6 Å². The Kier molecular flexibility index (Phi) is 6.02. The zero-order chi connectivity index (χ0) is 16.1. The number of carbonyl (C=O) groups excluding carboxylic acids is 1. The molecule has 6 heteroatoms. The molecule has 0 radical (unpaired) electrons. The second-order valence-electron chi connectivity index (χ2n) is 6.69. The third-order valence-corrected chi connectivity index (χ3v) is 6.05. The average Bonchev–Trinajstić information content (AvgIpc) is 3.28. The SMILES string of the molecule is CC(NCCN1CCN(C(=O)C2CCCC2)CC1)c1nccs1. The molecule has 1 saturated heterocycles. The number of carbonyl (C=O) groups is 1. The number of nitrogens with one attached hydrogen (secondary N) is 1. The fourth-order valence-electron chi connectivity index (χ4n) is 3.60. The van der Waals surface area contributed by atoms with Gasteiger partial charge in [0.15, 0.2) is 0 Å². The molecule has 2 heterocycles. The summed E-state index contributed by atoms with van der Waals surface area (Å²) in [6, 6.07) is 0.320. The van der Waals surface area contributed by atoms with Gasteiger partial charge in [0, 0.05) is 56.8 Å². The fourth-order valence-corrected chi connectivity index (χ4v) is 4.27. The Morgan fingerprint density at radius 1 is 1.35 bits per heavy atom. The van der Waals surface area contributed by atoms with Crippen LogP contribution >= 0.6 is 11.3 Å². The van der Waals surface area contributed by atoms with Crippen molar-refractivity contribution < 1.29 is 4.79 Å². The van der Waals surface area contributed by atoms with Crippen LogP contribution in [0.1, 0.15) is 43.7 Å². The molecular formula is C17H28N4OS. The summed E-state index contributed by atoms with van der Waals surface area (Å²) in [5.41, 5.74) is 0. The first kappa shape index (κ1) is 16.9. The Bertz CT molecular complexity index is 479. The maximum atomic E-state index is 12.4. The summed E-state index contributed by atoms with van der Waals surface area (Å²) >= 11 is 1.70. The molecule has 5 nitrogen and oxygen atoms in total. The summed E-state index contributed by atoms with van der Waals surface area (Å²) in [7, 11) is 0. The van der Waals surface area contributed by atoms with Gasteiger partial charge < -0.3 is 10.2 Å². The van der Waals surface area contributed by atoms with E-state index in [0.717, 1.165) is 57.1 Å². The Balaban J connectivity index is 1.33. The molecule has 128 valence electrons. The predicted octanol–water partition coefficient (Wildman–Crippen LogP) is 2.13. The standard InChI is InChI=1S/C17H28N4OS/c1-14(16-19-7-13-23-16)18-6-8-20-9-11-21(12-10-20)17(22)15-4-2-3-5-15/h7,13-15,18H,2-6,8-12H2,1H3. The zero-order valence-corrected chi connectivity index (χ0v) is 14.9. The lowest BCUT2D eigenvalue weighted by atomic mass is 10.1. The zero-order valence-electron chi connectivity index (χ0n) is 14.0. The van der Waals surface area contributed by atoms with Crippen LogP contribution in [-0.2, 0) is 4.79 Å². The van der Waals surface area contributed by atoms with Crippen molar-refractivity contribution in [1.82, 2.24) is 20.1 Å². The highest BCUT2D eigenvalue weighted by Crippen LogP contribution is 2.26. The average molecular weight is 337 g/mol. The van der Waals surface area contributed by atoms with Crippen LogP contribution in [0.25, 0.3) is 0 Å². The van der Waals surface area contributed by atoms with E-state index >= 15 is 0 Å². The highest BCUT2D eigenvalue weighted by atomic mass is 32.1. The Morgan fingerprint density at radius 2 is 2.09 bits per heavy atom. The van der Waals surface area contributed by atoms with E-state index in [0.29, 0.717) is 17.9 Å². The second kappa shape index (κ2) is 8.22. The summed E-state index contributed by atoms with van der Waals surface area (Å²) in [5.74, 6) is 0.736. The number of nitrogens with zero attached hydrogens (tertiary/aromatic N) is 3. The van der Waals surface area contributed by atoms with Crippen molar-refractivity contribution in [3.63, 3.8) is 0 Å². The second-order valence-corrected chi connectivity index (χ2v) is 7.62. The summed E-state index contributed by atoms with van der Waals surface area (Å²) < 4.78 is 0. The molecule has 0 bridgehead atoms. The Labute approximate surface area is 143 Å². The lowest BCUT2D eigenvalue weighted by molar-refractivity contribution is -0.137. The molecule has 0 aromatic carbocycles. The molecule has 1 amide bonds. The van der Waals surface area contributed by atoms with Gasteiger partial charge in [0.1, 0.15) is 5.01 Å². The van der Waals surface area contributed by atoms with Crippen molar-refractivity contribution in [1.29, 1.82) is 0 Å². The van der Waals surface area contributed by atoms with Crippen molar-refractivity contribution >= 4 is 17.2 Å². The molecule has 1 atom stereocenters. The van der Waals surface area contributed by atoms with Crippen LogP contribution in [0.4, 0.5) is 0 Å². The van der Waals surface area contributed by atoms with Crippen LogP contribution in [0, 0.1) is 5.92 Å². The minimum Gasteiger partial charge on any atom is -0.340 e. The minimum atomic E-state index is 0.320. The molecule has 1 aliphatic carbocycles. The first-order valence-corrected chi connectivity index (χ1v) is 9.76. The molecule has 1 saturated carbocycles. The van der Waals surface area contributed by atoms with Crippen molar-refractivity contribution in [2.45, 2.75) is 38.6 Å². The molecule has 1 aromatic heterocycles. The topological polar surface area (TPSA) is 48.5 Å². The van der Waals surface area contributed by atoms with Gasteiger partial charge in [-0.3, -0.25) is 9.69 Å². The highest BCUT2D eigenvalue weighted by Gasteiger charge is 2.29. The third-order valence-electron chi connectivity index (χ3n) is 5.09.